The molecule has 1 aromatic rings. The van der Waals surface area contributed by atoms with Crippen molar-refractivity contribution in [3.05, 3.63) is 34.3 Å². The Morgan fingerprint density at radius 3 is 2.20 bits per heavy atom. The molecule has 1 aliphatic carbocycles. The fourth-order valence-electron chi connectivity index (χ4n) is 2.41. The van der Waals surface area contributed by atoms with E-state index in [4.69, 9.17) is 5.11 Å². The summed E-state index contributed by atoms with van der Waals surface area (Å²) in [6.07, 6.45) is 4.81. The molecule has 1 aliphatic rings. The van der Waals surface area contributed by atoms with Gasteiger partial charge < -0.3 is 5.11 Å². The Labute approximate surface area is 99.6 Å². The van der Waals surface area contributed by atoms with Crippen LogP contribution in [0.15, 0.2) is 28.7 Å². The number of benzene rings is 1. The topological polar surface area (TPSA) is 20.2 Å². The maximum atomic E-state index is 9.08. The third-order valence-electron chi connectivity index (χ3n) is 3.45. The SMILES string of the molecule is OCC1CCC(c2ccc(Br)cc2)CC1. The fourth-order valence-corrected chi connectivity index (χ4v) is 2.68. The van der Waals surface area contributed by atoms with Gasteiger partial charge in [0.2, 0.25) is 0 Å². The van der Waals surface area contributed by atoms with Crippen LogP contribution in [-0.4, -0.2) is 11.7 Å². The van der Waals surface area contributed by atoms with E-state index in [-0.39, 0.29) is 0 Å². The van der Waals surface area contributed by atoms with Crippen LogP contribution in [0.2, 0.25) is 0 Å². The molecule has 0 bridgehead atoms. The molecule has 0 atom stereocenters. The molecule has 0 amide bonds. The van der Waals surface area contributed by atoms with Crippen molar-refractivity contribution in [1.82, 2.24) is 0 Å². The van der Waals surface area contributed by atoms with Gasteiger partial charge in [-0.1, -0.05) is 28.1 Å². The van der Waals surface area contributed by atoms with Crippen molar-refractivity contribution in [2.24, 2.45) is 5.92 Å². The van der Waals surface area contributed by atoms with Gasteiger partial charge in [-0.05, 0) is 55.2 Å². The van der Waals surface area contributed by atoms with Crippen molar-refractivity contribution in [3.63, 3.8) is 0 Å². The van der Waals surface area contributed by atoms with E-state index in [1.54, 1.807) is 0 Å². The van der Waals surface area contributed by atoms with E-state index in [2.05, 4.69) is 40.2 Å². The van der Waals surface area contributed by atoms with Crippen molar-refractivity contribution in [1.29, 1.82) is 0 Å². The molecule has 2 rings (SSSR count). The quantitative estimate of drug-likeness (QED) is 0.867. The van der Waals surface area contributed by atoms with Gasteiger partial charge in [0.1, 0.15) is 0 Å². The molecule has 82 valence electrons. The van der Waals surface area contributed by atoms with E-state index in [1.807, 2.05) is 0 Å². The van der Waals surface area contributed by atoms with Gasteiger partial charge in [-0.15, -0.1) is 0 Å². The molecule has 1 nitrogen and oxygen atoms in total. The van der Waals surface area contributed by atoms with Gasteiger partial charge in [-0.2, -0.15) is 0 Å². The average molecular weight is 269 g/mol. The lowest BCUT2D eigenvalue weighted by atomic mass is 9.79. The summed E-state index contributed by atoms with van der Waals surface area (Å²) in [7, 11) is 0. The lowest BCUT2D eigenvalue weighted by Gasteiger charge is -2.27. The first-order valence-corrected chi connectivity index (χ1v) is 6.45. The van der Waals surface area contributed by atoms with Crippen LogP contribution in [0.3, 0.4) is 0 Å². The lowest BCUT2D eigenvalue weighted by Crippen LogP contribution is -2.15. The normalized spacial score (nSPS) is 26.5. The number of aliphatic hydroxyl groups is 1. The van der Waals surface area contributed by atoms with Crippen LogP contribution in [0, 0.1) is 5.92 Å². The van der Waals surface area contributed by atoms with Gasteiger partial charge in [0.05, 0.1) is 0 Å². The van der Waals surface area contributed by atoms with Crippen LogP contribution in [-0.2, 0) is 0 Å². The van der Waals surface area contributed by atoms with Crippen molar-refractivity contribution in [3.8, 4) is 0 Å². The molecule has 1 N–H and O–H groups in total. The zero-order valence-corrected chi connectivity index (χ0v) is 10.4. The molecular formula is C13H17BrO. The van der Waals surface area contributed by atoms with Crippen LogP contribution < -0.4 is 0 Å². The van der Waals surface area contributed by atoms with E-state index in [0.29, 0.717) is 18.4 Å². The van der Waals surface area contributed by atoms with Gasteiger partial charge >= 0.3 is 0 Å². The number of rotatable bonds is 2. The standard InChI is InChI=1S/C13H17BrO/c14-13-7-5-12(6-8-13)11-3-1-10(9-15)2-4-11/h5-8,10-11,15H,1-4,9H2. The average Bonchev–Trinajstić information content (AvgIpc) is 2.30. The highest BCUT2D eigenvalue weighted by Crippen LogP contribution is 2.35. The van der Waals surface area contributed by atoms with E-state index in [0.717, 1.165) is 4.47 Å². The first-order chi connectivity index (χ1) is 7.29. The summed E-state index contributed by atoms with van der Waals surface area (Å²) < 4.78 is 1.15. The van der Waals surface area contributed by atoms with Gasteiger partial charge in [-0.3, -0.25) is 0 Å². The summed E-state index contributed by atoms with van der Waals surface area (Å²) in [5.41, 5.74) is 1.45. The van der Waals surface area contributed by atoms with Crippen LogP contribution in [0.5, 0.6) is 0 Å². The third kappa shape index (κ3) is 2.82. The summed E-state index contributed by atoms with van der Waals surface area (Å²) in [5, 5.41) is 9.08. The number of hydrogen-bond donors (Lipinski definition) is 1. The van der Waals surface area contributed by atoms with E-state index in [1.165, 1.54) is 31.2 Å². The van der Waals surface area contributed by atoms with E-state index >= 15 is 0 Å². The summed E-state index contributed by atoms with van der Waals surface area (Å²) in [6, 6.07) is 8.67. The molecule has 2 heteroatoms. The summed E-state index contributed by atoms with van der Waals surface area (Å²) in [4.78, 5) is 0. The van der Waals surface area contributed by atoms with Crippen molar-refractivity contribution in [2.75, 3.05) is 6.61 Å². The van der Waals surface area contributed by atoms with Crippen LogP contribution in [0.4, 0.5) is 0 Å². The first-order valence-electron chi connectivity index (χ1n) is 5.66. The molecule has 0 heterocycles. The second-order valence-electron chi connectivity index (χ2n) is 4.45. The predicted octanol–water partition coefficient (Wildman–Crippen LogP) is 3.72. The molecule has 15 heavy (non-hydrogen) atoms. The predicted molar refractivity (Wildman–Crippen MR) is 65.9 cm³/mol. The Morgan fingerprint density at radius 1 is 1.07 bits per heavy atom. The zero-order valence-electron chi connectivity index (χ0n) is 8.82. The van der Waals surface area contributed by atoms with Crippen LogP contribution in [0.25, 0.3) is 0 Å². The molecule has 0 aromatic heterocycles. The molecule has 0 spiro atoms. The minimum atomic E-state index is 0.368. The second kappa shape index (κ2) is 5.13. The molecule has 0 saturated heterocycles. The molecule has 0 radical (unpaired) electrons. The second-order valence-corrected chi connectivity index (χ2v) is 5.37. The number of aliphatic hydroxyl groups excluding tert-OH is 1. The molecule has 0 unspecified atom stereocenters. The Hall–Kier alpha value is -0.340. The third-order valence-corrected chi connectivity index (χ3v) is 3.98. The minimum Gasteiger partial charge on any atom is -0.396 e. The summed E-state index contributed by atoms with van der Waals surface area (Å²) in [6.45, 7) is 0.368. The fraction of sp³-hybridized carbons (Fsp3) is 0.538. The van der Waals surface area contributed by atoms with E-state index in [9.17, 15) is 0 Å². The van der Waals surface area contributed by atoms with Gasteiger partial charge in [0.15, 0.2) is 0 Å². The highest BCUT2D eigenvalue weighted by atomic mass is 79.9. The highest BCUT2D eigenvalue weighted by Gasteiger charge is 2.21. The molecular weight excluding hydrogens is 252 g/mol. The molecule has 1 fully saturated rings. The Morgan fingerprint density at radius 2 is 1.67 bits per heavy atom. The first kappa shape index (κ1) is 11.2. The molecule has 0 aliphatic heterocycles. The van der Waals surface area contributed by atoms with Crippen LogP contribution in [0.1, 0.15) is 37.2 Å². The molecule has 1 saturated carbocycles. The van der Waals surface area contributed by atoms with Crippen molar-refractivity contribution >= 4 is 15.9 Å². The zero-order chi connectivity index (χ0) is 10.7. The van der Waals surface area contributed by atoms with Gasteiger partial charge in [0.25, 0.3) is 0 Å². The van der Waals surface area contributed by atoms with Gasteiger partial charge in [0, 0.05) is 11.1 Å². The van der Waals surface area contributed by atoms with Gasteiger partial charge in [-0.25, -0.2) is 0 Å². The molecule has 1 aromatic carbocycles. The Balaban J connectivity index is 1.98. The minimum absolute atomic E-state index is 0.368. The Kier molecular flexibility index (Phi) is 3.81. The summed E-state index contributed by atoms with van der Waals surface area (Å²) in [5.74, 6) is 1.26. The largest absolute Gasteiger partial charge is 0.396 e. The van der Waals surface area contributed by atoms with E-state index < -0.39 is 0 Å². The summed E-state index contributed by atoms with van der Waals surface area (Å²) >= 11 is 3.46. The maximum Gasteiger partial charge on any atom is 0.0459 e. The lowest BCUT2D eigenvalue weighted by molar-refractivity contribution is 0.182. The number of halogens is 1. The number of hydrogen-bond acceptors (Lipinski definition) is 1. The van der Waals surface area contributed by atoms with Crippen molar-refractivity contribution < 1.29 is 5.11 Å². The highest BCUT2D eigenvalue weighted by molar-refractivity contribution is 9.10. The Bertz CT molecular complexity index is 299. The van der Waals surface area contributed by atoms with Crippen molar-refractivity contribution in [2.45, 2.75) is 31.6 Å². The smallest absolute Gasteiger partial charge is 0.0459 e. The monoisotopic (exact) mass is 268 g/mol. The maximum absolute atomic E-state index is 9.08. The van der Waals surface area contributed by atoms with Crippen LogP contribution >= 0.6 is 15.9 Å².